The smallest absolute Gasteiger partial charge is 0.0402 e. The number of nitrogens with zero attached hydrogens (tertiary/aromatic N) is 1. The van der Waals surface area contributed by atoms with Gasteiger partial charge in [-0.25, -0.2) is 0 Å². The Morgan fingerprint density at radius 3 is 2.65 bits per heavy atom. The Morgan fingerprint density at radius 2 is 1.90 bits per heavy atom. The van der Waals surface area contributed by atoms with E-state index in [1.54, 1.807) is 0 Å². The summed E-state index contributed by atoms with van der Waals surface area (Å²) in [5.41, 5.74) is 10.5. The molecule has 1 spiro atoms. The molecular weight excluding hydrogens is 244 g/mol. The normalized spacial score (nSPS) is 28.0. The molecule has 0 aromatic heterocycles. The molecule has 1 heterocycles. The second-order valence-corrected chi connectivity index (χ2v) is 7.16. The van der Waals surface area contributed by atoms with E-state index in [0.717, 1.165) is 11.7 Å². The van der Waals surface area contributed by atoms with Gasteiger partial charge in [-0.3, -0.25) is 0 Å². The third-order valence-electron chi connectivity index (χ3n) is 6.11. The van der Waals surface area contributed by atoms with Crippen LogP contribution < -0.4 is 10.6 Å². The molecule has 1 aromatic rings. The van der Waals surface area contributed by atoms with Crippen LogP contribution in [-0.4, -0.2) is 12.6 Å². The minimum absolute atomic E-state index is 0.661. The number of benzene rings is 1. The molecule has 2 N–H and O–H groups in total. The minimum atomic E-state index is 0.661. The summed E-state index contributed by atoms with van der Waals surface area (Å²) in [6.45, 7) is 1.25. The average molecular weight is 270 g/mol. The summed E-state index contributed by atoms with van der Waals surface area (Å²) in [6, 6.07) is 7.38. The molecule has 0 saturated heterocycles. The lowest BCUT2D eigenvalue weighted by Crippen LogP contribution is -2.57. The van der Waals surface area contributed by atoms with Gasteiger partial charge >= 0.3 is 0 Å². The van der Waals surface area contributed by atoms with E-state index in [-0.39, 0.29) is 0 Å². The molecule has 1 atom stereocenters. The highest BCUT2D eigenvalue weighted by atomic mass is 15.2. The second kappa shape index (κ2) is 4.68. The van der Waals surface area contributed by atoms with Crippen molar-refractivity contribution in [3.8, 4) is 0 Å². The molecule has 4 rings (SSSR count). The Kier molecular flexibility index (Phi) is 2.94. The molecule has 0 amide bonds. The summed E-state index contributed by atoms with van der Waals surface area (Å²) in [5.74, 6) is 0. The van der Waals surface area contributed by atoms with Gasteiger partial charge in [-0.2, -0.15) is 0 Å². The quantitative estimate of drug-likeness (QED) is 0.777. The largest absolute Gasteiger partial charge is 0.399 e. The third kappa shape index (κ3) is 1.84. The van der Waals surface area contributed by atoms with Crippen molar-refractivity contribution < 1.29 is 0 Å². The highest BCUT2D eigenvalue weighted by Gasteiger charge is 2.49. The molecule has 1 aliphatic heterocycles. The van der Waals surface area contributed by atoms with Crippen LogP contribution in [0.15, 0.2) is 18.2 Å². The molecule has 0 radical (unpaired) electrons. The molecule has 20 heavy (non-hydrogen) atoms. The van der Waals surface area contributed by atoms with Gasteiger partial charge < -0.3 is 10.6 Å². The highest BCUT2D eigenvalue weighted by molar-refractivity contribution is 5.62. The summed E-state index contributed by atoms with van der Waals surface area (Å²) in [4.78, 5) is 2.74. The fraction of sp³-hybridized carbons (Fsp3) is 0.667. The van der Waals surface area contributed by atoms with Crippen molar-refractivity contribution in [2.45, 2.75) is 63.8 Å². The van der Waals surface area contributed by atoms with Crippen LogP contribution in [0.4, 0.5) is 11.4 Å². The fourth-order valence-corrected chi connectivity index (χ4v) is 4.98. The molecule has 2 aliphatic carbocycles. The number of nitrogens with two attached hydrogens (primary N) is 1. The van der Waals surface area contributed by atoms with Crippen LogP contribution in [-0.2, 0) is 6.42 Å². The molecule has 3 aliphatic rings. The van der Waals surface area contributed by atoms with Gasteiger partial charge in [-0.05, 0) is 67.7 Å². The van der Waals surface area contributed by atoms with Gasteiger partial charge in [-0.1, -0.05) is 19.3 Å². The number of hydrogen-bond donors (Lipinski definition) is 1. The van der Waals surface area contributed by atoms with E-state index in [2.05, 4.69) is 23.1 Å². The molecule has 2 saturated carbocycles. The molecule has 2 heteroatoms. The van der Waals surface area contributed by atoms with Crippen LogP contribution >= 0.6 is 0 Å². The number of aryl methyl sites for hydroxylation is 1. The van der Waals surface area contributed by atoms with Gasteiger partial charge in [0.1, 0.15) is 0 Å². The highest BCUT2D eigenvalue weighted by Crippen LogP contribution is 2.55. The predicted octanol–water partition coefficient (Wildman–Crippen LogP) is 4.13. The van der Waals surface area contributed by atoms with Crippen LogP contribution in [0.25, 0.3) is 0 Å². The summed E-state index contributed by atoms with van der Waals surface area (Å²) in [6.07, 6.45) is 12.7. The molecule has 1 unspecified atom stereocenters. The lowest BCUT2D eigenvalue weighted by Gasteiger charge is -2.58. The van der Waals surface area contributed by atoms with Gasteiger partial charge in [0.15, 0.2) is 0 Å². The number of hydrogen-bond acceptors (Lipinski definition) is 2. The zero-order chi connectivity index (χ0) is 13.6. The van der Waals surface area contributed by atoms with Gasteiger partial charge in [0, 0.05) is 24.0 Å². The van der Waals surface area contributed by atoms with Crippen LogP contribution in [0.3, 0.4) is 0 Å². The van der Waals surface area contributed by atoms with Gasteiger partial charge in [0.2, 0.25) is 0 Å². The van der Waals surface area contributed by atoms with Crippen molar-refractivity contribution in [2.24, 2.45) is 5.41 Å². The summed E-state index contributed by atoms with van der Waals surface area (Å²) in [7, 11) is 0. The first-order chi connectivity index (χ1) is 9.78. The van der Waals surface area contributed by atoms with Crippen molar-refractivity contribution >= 4 is 11.4 Å². The van der Waals surface area contributed by atoms with Crippen molar-refractivity contribution in [1.82, 2.24) is 0 Å². The Bertz CT molecular complexity index is 502. The van der Waals surface area contributed by atoms with Crippen LogP contribution in [0.2, 0.25) is 0 Å². The number of fused-ring (bicyclic) bond motifs is 1. The summed E-state index contributed by atoms with van der Waals surface area (Å²) < 4.78 is 0. The standard InChI is InChI=1S/C18H26N2/c19-15-6-7-16-14(13-15)5-4-12-20(16)17-8-11-18(17)9-2-1-3-10-18/h6-7,13,17H,1-5,8-12,19H2. The molecule has 1 aromatic carbocycles. The Labute approximate surface area is 122 Å². The van der Waals surface area contributed by atoms with Crippen molar-refractivity contribution in [2.75, 3.05) is 17.2 Å². The number of rotatable bonds is 1. The van der Waals surface area contributed by atoms with Crippen molar-refractivity contribution in [1.29, 1.82) is 0 Å². The van der Waals surface area contributed by atoms with Gasteiger partial charge in [0.05, 0.1) is 0 Å². The predicted molar refractivity (Wildman–Crippen MR) is 85.1 cm³/mol. The SMILES string of the molecule is Nc1ccc2c(c1)CCCN2C1CCC12CCCCC2. The van der Waals surface area contributed by atoms with E-state index < -0.39 is 0 Å². The van der Waals surface area contributed by atoms with E-state index >= 15 is 0 Å². The van der Waals surface area contributed by atoms with Crippen LogP contribution in [0, 0.1) is 5.41 Å². The van der Waals surface area contributed by atoms with E-state index in [0.29, 0.717) is 5.41 Å². The summed E-state index contributed by atoms with van der Waals surface area (Å²) >= 11 is 0. The maximum atomic E-state index is 5.97. The van der Waals surface area contributed by atoms with E-state index in [9.17, 15) is 0 Å². The molecule has 2 fully saturated rings. The van der Waals surface area contributed by atoms with Gasteiger partial charge in [-0.15, -0.1) is 0 Å². The summed E-state index contributed by atoms with van der Waals surface area (Å²) in [5, 5.41) is 0. The van der Waals surface area contributed by atoms with Crippen LogP contribution in [0.1, 0.15) is 56.9 Å². The molecular formula is C18H26N2. The first kappa shape index (κ1) is 12.6. The topological polar surface area (TPSA) is 29.3 Å². The fourth-order valence-electron chi connectivity index (χ4n) is 4.98. The number of anilines is 2. The van der Waals surface area contributed by atoms with Crippen LogP contribution in [0.5, 0.6) is 0 Å². The monoisotopic (exact) mass is 270 g/mol. The Balaban J connectivity index is 1.64. The van der Waals surface area contributed by atoms with Gasteiger partial charge in [0.25, 0.3) is 0 Å². The van der Waals surface area contributed by atoms with Crippen molar-refractivity contribution in [3.63, 3.8) is 0 Å². The maximum Gasteiger partial charge on any atom is 0.0402 e. The first-order valence-electron chi connectivity index (χ1n) is 8.44. The Hall–Kier alpha value is -1.18. The zero-order valence-corrected chi connectivity index (χ0v) is 12.4. The maximum absolute atomic E-state index is 5.97. The average Bonchev–Trinajstić information content (AvgIpc) is 2.47. The molecule has 108 valence electrons. The van der Waals surface area contributed by atoms with Crippen molar-refractivity contribution in [3.05, 3.63) is 23.8 Å². The second-order valence-electron chi connectivity index (χ2n) is 7.16. The first-order valence-corrected chi connectivity index (χ1v) is 8.44. The lowest BCUT2D eigenvalue weighted by molar-refractivity contribution is 0.0393. The van der Waals surface area contributed by atoms with E-state index in [1.807, 2.05) is 0 Å². The minimum Gasteiger partial charge on any atom is -0.399 e. The zero-order valence-electron chi connectivity index (χ0n) is 12.4. The number of nitrogen functional groups attached to an aromatic ring is 1. The molecule has 0 bridgehead atoms. The lowest BCUT2D eigenvalue weighted by atomic mass is 9.56. The Morgan fingerprint density at radius 1 is 1.05 bits per heavy atom. The van der Waals surface area contributed by atoms with E-state index in [1.165, 1.54) is 75.6 Å². The van der Waals surface area contributed by atoms with E-state index in [4.69, 9.17) is 5.73 Å². The third-order valence-corrected chi connectivity index (χ3v) is 6.11. The molecule has 2 nitrogen and oxygen atoms in total.